The third-order valence-corrected chi connectivity index (χ3v) is 7.64. The Kier molecular flexibility index (Phi) is 6.69. The van der Waals surface area contributed by atoms with Crippen molar-refractivity contribution in [2.75, 3.05) is 31.1 Å². The fraction of sp³-hybridized carbons (Fsp3) is 0.250. The van der Waals surface area contributed by atoms with Gasteiger partial charge in [-0.1, -0.05) is 29.5 Å². The van der Waals surface area contributed by atoms with Gasteiger partial charge in [-0.2, -0.15) is 5.10 Å². The van der Waals surface area contributed by atoms with Gasteiger partial charge in [0.25, 0.3) is 11.5 Å². The van der Waals surface area contributed by atoms with Gasteiger partial charge in [-0.3, -0.25) is 18.8 Å². The summed E-state index contributed by atoms with van der Waals surface area (Å²) in [7, 11) is 1.79. The summed E-state index contributed by atoms with van der Waals surface area (Å²) >= 11 is 1.78. The number of pyridine rings is 1. The van der Waals surface area contributed by atoms with Crippen molar-refractivity contribution in [1.29, 1.82) is 0 Å². The van der Waals surface area contributed by atoms with E-state index >= 15 is 0 Å². The number of aryl methyl sites for hydroxylation is 3. The molecule has 7 nitrogen and oxygen atoms in total. The van der Waals surface area contributed by atoms with E-state index < -0.39 is 0 Å². The van der Waals surface area contributed by atoms with E-state index in [1.807, 2.05) is 4.90 Å². The highest BCUT2D eigenvalue weighted by atomic mass is 32.2. The van der Waals surface area contributed by atoms with Crippen LogP contribution < -0.4 is 10.5 Å². The summed E-state index contributed by atoms with van der Waals surface area (Å²) in [5, 5.41) is 4.12. The maximum Gasteiger partial charge on any atom is 0.255 e. The summed E-state index contributed by atoms with van der Waals surface area (Å²) in [6.07, 6.45) is 4.97. The molecule has 184 valence electrons. The zero-order chi connectivity index (χ0) is 25.2. The Balaban J connectivity index is 1.22. The molecule has 0 aliphatic carbocycles. The molecule has 4 aromatic rings. The van der Waals surface area contributed by atoms with Gasteiger partial charge >= 0.3 is 0 Å². The van der Waals surface area contributed by atoms with Crippen LogP contribution in [0, 0.1) is 13.8 Å². The van der Waals surface area contributed by atoms with Gasteiger partial charge in [0.05, 0.1) is 17.4 Å². The summed E-state index contributed by atoms with van der Waals surface area (Å²) in [4.78, 5) is 32.2. The van der Waals surface area contributed by atoms with E-state index in [9.17, 15) is 9.59 Å². The second-order valence-electron chi connectivity index (χ2n) is 9.14. The monoisotopic (exact) mass is 499 g/mol. The molecule has 2 aromatic heterocycles. The van der Waals surface area contributed by atoms with Crippen LogP contribution in [0.3, 0.4) is 0 Å². The van der Waals surface area contributed by atoms with Crippen molar-refractivity contribution in [3.63, 3.8) is 0 Å². The van der Waals surface area contributed by atoms with Crippen molar-refractivity contribution >= 4 is 23.4 Å². The molecule has 5 rings (SSSR count). The van der Waals surface area contributed by atoms with Crippen LogP contribution in [0.2, 0.25) is 0 Å². The molecule has 1 fully saturated rings. The number of carbonyl (C=O) groups excluding carboxylic acids is 1. The maximum atomic E-state index is 13.2. The van der Waals surface area contributed by atoms with Gasteiger partial charge in [-0.05, 0) is 55.8 Å². The standard InChI is InChI=1S/C28H29N5O2S/c1-20-4-10-26(21(2)16-20)36-25-8-6-23(7-9-25)31-12-14-32(15-13-31)28(35)22-5-11-27(34)33(18-22)24-17-29-30(3)19-24/h4-11,16-19H,12-15H2,1-3H3. The number of benzene rings is 2. The molecule has 3 heterocycles. The smallest absolute Gasteiger partial charge is 0.255 e. The fourth-order valence-corrected chi connectivity index (χ4v) is 5.35. The van der Waals surface area contributed by atoms with Gasteiger partial charge < -0.3 is 9.80 Å². The molecule has 0 radical (unpaired) electrons. The van der Waals surface area contributed by atoms with Crippen LogP contribution in [0.4, 0.5) is 5.69 Å². The van der Waals surface area contributed by atoms with Crippen molar-refractivity contribution in [3.8, 4) is 5.69 Å². The first kappa shape index (κ1) is 23.9. The van der Waals surface area contributed by atoms with Crippen molar-refractivity contribution in [1.82, 2.24) is 19.2 Å². The average molecular weight is 500 g/mol. The molecule has 2 aromatic carbocycles. The Labute approximate surface area is 215 Å². The third kappa shape index (κ3) is 5.09. The molecule has 1 aliphatic heterocycles. The second kappa shape index (κ2) is 10.1. The Morgan fingerprint density at radius 1 is 0.889 bits per heavy atom. The molecule has 1 aliphatic rings. The molecule has 0 saturated carbocycles. The van der Waals surface area contributed by atoms with E-state index in [0.717, 1.165) is 18.8 Å². The van der Waals surface area contributed by atoms with Crippen molar-refractivity contribution in [3.05, 3.63) is 100 Å². The van der Waals surface area contributed by atoms with Crippen LogP contribution in [0.25, 0.3) is 5.69 Å². The van der Waals surface area contributed by atoms with Gasteiger partial charge in [0.2, 0.25) is 0 Å². The first-order chi connectivity index (χ1) is 17.4. The Morgan fingerprint density at radius 2 is 1.64 bits per heavy atom. The summed E-state index contributed by atoms with van der Waals surface area (Å²) in [6, 6.07) is 18.2. The lowest BCUT2D eigenvalue weighted by atomic mass is 10.2. The van der Waals surface area contributed by atoms with E-state index in [4.69, 9.17) is 0 Å². The number of anilines is 1. The molecule has 0 unspecified atom stereocenters. The number of amides is 1. The van der Waals surface area contributed by atoms with E-state index in [1.54, 1.807) is 48.1 Å². The first-order valence-electron chi connectivity index (χ1n) is 12.0. The summed E-state index contributed by atoms with van der Waals surface area (Å²) < 4.78 is 3.10. The third-order valence-electron chi connectivity index (χ3n) is 6.45. The largest absolute Gasteiger partial charge is 0.368 e. The molecule has 1 saturated heterocycles. The van der Waals surface area contributed by atoms with Gasteiger partial charge in [0.1, 0.15) is 0 Å². The molecule has 36 heavy (non-hydrogen) atoms. The van der Waals surface area contributed by atoms with Crippen LogP contribution in [0.15, 0.2) is 87.8 Å². The number of carbonyl (C=O) groups is 1. The Bertz CT molecular complexity index is 1450. The average Bonchev–Trinajstić information content (AvgIpc) is 3.32. The number of hydrogen-bond acceptors (Lipinski definition) is 5. The van der Waals surface area contributed by atoms with Gasteiger partial charge in [-0.15, -0.1) is 0 Å². The van der Waals surface area contributed by atoms with Crippen LogP contribution in [-0.2, 0) is 7.05 Å². The number of nitrogens with zero attached hydrogens (tertiary/aromatic N) is 5. The predicted molar refractivity (Wildman–Crippen MR) is 143 cm³/mol. The lowest BCUT2D eigenvalue weighted by molar-refractivity contribution is 0.0746. The molecular weight excluding hydrogens is 470 g/mol. The number of hydrogen-bond donors (Lipinski definition) is 0. The molecular formula is C28H29N5O2S. The van der Waals surface area contributed by atoms with E-state index in [-0.39, 0.29) is 11.5 Å². The van der Waals surface area contributed by atoms with Crippen LogP contribution in [-0.4, -0.2) is 51.3 Å². The zero-order valence-electron chi connectivity index (χ0n) is 20.7. The normalized spacial score (nSPS) is 13.8. The first-order valence-corrected chi connectivity index (χ1v) is 12.8. The number of aromatic nitrogens is 3. The highest BCUT2D eigenvalue weighted by molar-refractivity contribution is 7.99. The number of rotatable bonds is 5. The molecule has 0 spiro atoms. The predicted octanol–water partition coefficient (Wildman–Crippen LogP) is 4.30. The van der Waals surface area contributed by atoms with Crippen LogP contribution >= 0.6 is 11.8 Å². The summed E-state index contributed by atoms with van der Waals surface area (Å²) in [5.41, 5.74) is 4.68. The minimum atomic E-state index is -0.191. The lowest BCUT2D eigenvalue weighted by Gasteiger charge is -2.36. The quantitative estimate of drug-likeness (QED) is 0.410. The van der Waals surface area contributed by atoms with Crippen molar-refractivity contribution < 1.29 is 4.79 Å². The van der Waals surface area contributed by atoms with Gasteiger partial charge in [-0.25, -0.2) is 0 Å². The highest BCUT2D eigenvalue weighted by Gasteiger charge is 2.23. The molecule has 0 N–H and O–H groups in total. The molecule has 0 atom stereocenters. The maximum absolute atomic E-state index is 13.2. The van der Waals surface area contributed by atoms with Crippen molar-refractivity contribution in [2.24, 2.45) is 7.05 Å². The lowest BCUT2D eigenvalue weighted by Crippen LogP contribution is -2.49. The van der Waals surface area contributed by atoms with E-state index in [2.05, 4.69) is 66.3 Å². The Morgan fingerprint density at radius 3 is 2.31 bits per heavy atom. The molecule has 1 amide bonds. The Hall–Kier alpha value is -3.78. The summed E-state index contributed by atoms with van der Waals surface area (Å²) in [6.45, 7) is 7.05. The van der Waals surface area contributed by atoms with Crippen LogP contribution in [0.1, 0.15) is 21.5 Å². The number of piperazine rings is 1. The second-order valence-corrected chi connectivity index (χ2v) is 10.3. The van der Waals surface area contributed by atoms with Gasteiger partial charge in [0.15, 0.2) is 0 Å². The van der Waals surface area contributed by atoms with Gasteiger partial charge in [0, 0.05) is 67.2 Å². The minimum Gasteiger partial charge on any atom is -0.368 e. The van der Waals surface area contributed by atoms with E-state index in [0.29, 0.717) is 24.3 Å². The van der Waals surface area contributed by atoms with E-state index in [1.165, 1.54) is 31.6 Å². The van der Waals surface area contributed by atoms with Crippen molar-refractivity contribution in [2.45, 2.75) is 23.6 Å². The highest BCUT2D eigenvalue weighted by Crippen LogP contribution is 2.32. The topological polar surface area (TPSA) is 63.4 Å². The van der Waals surface area contributed by atoms with Crippen LogP contribution in [0.5, 0.6) is 0 Å². The minimum absolute atomic E-state index is 0.0625. The SMILES string of the molecule is Cc1ccc(Sc2ccc(N3CCN(C(=O)c4ccc(=O)n(-c5cnn(C)c5)c4)CC3)cc2)c(C)c1. The fourth-order valence-electron chi connectivity index (χ4n) is 4.46. The summed E-state index contributed by atoms with van der Waals surface area (Å²) in [5.74, 6) is -0.0625. The molecule has 8 heteroatoms. The zero-order valence-corrected chi connectivity index (χ0v) is 21.5. The molecule has 0 bridgehead atoms.